The van der Waals surface area contributed by atoms with Gasteiger partial charge >= 0.3 is 0 Å². The molecule has 1 aliphatic rings. The molecular weight excluding hydrogens is 240 g/mol. The van der Waals surface area contributed by atoms with E-state index in [1.165, 1.54) is 11.5 Å². The SMILES string of the molecule is CNC(=O)c1c(N)nsc1NC1CCOC1C. The van der Waals surface area contributed by atoms with Gasteiger partial charge in [0.25, 0.3) is 5.91 Å². The molecule has 0 radical (unpaired) electrons. The summed E-state index contributed by atoms with van der Waals surface area (Å²) in [5.74, 6) is 0.0498. The molecule has 2 unspecified atom stereocenters. The van der Waals surface area contributed by atoms with Crippen molar-refractivity contribution in [1.29, 1.82) is 0 Å². The smallest absolute Gasteiger partial charge is 0.257 e. The minimum absolute atomic E-state index is 0.135. The van der Waals surface area contributed by atoms with Gasteiger partial charge in [-0.15, -0.1) is 0 Å². The zero-order chi connectivity index (χ0) is 12.4. The second-order valence-corrected chi connectivity index (χ2v) is 4.74. The van der Waals surface area contributed by atoms with E-state index < -0.39 is 0 Å². The third-order valence-corrected chi connectivity index (χ3v) is 3.66. The zero-order valence-corrected chi connectivity index (χ0v) is 10.6. The minimum atomic E-state index is -0.217. The number of anilines is 2. The summed E-state index contributed by atoms with van der Waals surface area (Å²) >= 11 is 1.21. The molecule has 94 valence electrons. The number of nitrogens with one attached hydrogen (secondary N) is 2. The number of nitrogens with two attached hydrogens (primary N) is 1. The lowest BCUT2D eigenvalue weighted by molar-refractivity contribution is 0.0964. The number of carbonyl (C=O) groups excluding carboxylic acids is 1. The molecule has 0 bridgehead atoms. The molecule has 0 spiro atoms. The van der Waals surface area contributed by atoms with Gasteiger partial charge in [0.2, 0.25) is 0 Å². The molecule has 2 rings (SSSR count). The summed E-state index contributed by atoms with van der Waals surface area (Å²) in [7, 11) is 1.57. The third kappa shape index (κ3) is 2.34. The highest BCUT2D eigenvalue weighted by Crippen LogP contribution is 2.29. The zero-order valence-electron chi connectivity index (χ0n) is 9.82. The Labute approximate surface area is 104 Å². The van der Waals surface area contributed by atoms with Gasteiger partial charge in [0.15, 0.2) is 5.82 Å². The first-order valence-electron chi connectivity index (χ1n) is 5.49. The highest BCUT2D eigenvalue weighted by Gasteiger charge is 2.27. The van der Waals surface area contributed by atoms with E-state index in [0.717, 1.165) is 13.0 Å². The molecular formula is C10H16N4O2S. The number of carbonyl (C=O) groups is 1. The maximum Gasteiger partial charge on any atom is 0.257 e. The first-order chi connectivity index (χ1) is 8.13. The van der Waals surface area contributed by atoms with Crippen LogP contribution in [0.5, 0.6) is 0 Å². The lowest BCUT2D eigenvalue weighted by Gasteiger charge is -2.16. The van der Waals surface area contributed by atoms with Crippen LogP contribution in [0.25, 0.3) is 0 Å². The molecule has 1 amide bonds. The number of aromatic nitrogens is 1. The topological polar surface area (TPSA) is 89.3 Å². The molecule has 7 heteroatoms. The van der Waals surface area contributed by atoms with E-state index >= 15 is 0 Å². The Morgan fingerprint density at radius 1 is 1.65 bits per heavy atom. The Bertz CT molecular complexity index is 420. The van der Waals surface area contributed by atoms with E-state index in [-0.39, 0.29) is 23.9 Å². The highest BCUT2D eigenvalue weighted by atomic mass is 32.1. The van der Waals surface area contributed by atoms with Crippen molar-refractivity contribution in [2.45, 2.75) is 25.5 Å². The van der Waals surface area contributed by atoms with Crippen molar-refractivity contribution in [3.8, 4) is 0 Å². The maximum absolute atomic E-state index is 11.7. The van der Waals surface area contributed by atoms with Gasteiger partial charge in [-0.05, 0) is 24.9 Å². The van der Waals surface area contributed by atoms with E-state index in [1.54, 1.807) is 7.05 Å². The summed E-state index contributed by atoms with van der Waals surface area (Å²) in [6.07, 6.45) is 1.06. The Morgan fingerprint density at radius 2 is 2.41 bits per heavy atom. The van der Waals surface area contributed by atoms with E-state index in [4.69, 9.17) is 10.5 Å². The Hall–Kier alpha value is -1.34. The maximum atomic E-state index is 11.7. The van der Waals surface area contributed by atoms with Gasteiger partial charge in [-0.1, -0.05) is 0 Å². The molecule has 17 heavy (non-hydrogen) atoms. The normalized spacial score (nSPS) is 23.6. The van der Waals surface area contributed by atoms with Crippen molar-refractivity contribution in [3.05, 3.63) is 5.56 Å². The van der Waals surface area contributed by atoms with Crippen molar-refractivity contribution >= 4 is 28.3 Å². The van der Waals surface area contributed by atoms with Crippen molar-refractivity contribution in [2.24, 2.45) is 0 Å². The number of ether oxygens (including phenoxy) is 1. The van der Waals surface area contributed by atoms with E-state index in [2.05, 4.69) is 15.0 Å². The molecule has 4 N–H and O–H groups in total. The van der Waals surface area contributed by atoms with Gasteiger partial charge in [-0.25, -0.2) is 0 Å². The first-order valence-corrected chi connectivity index (χ1v) is 6.26. The number of nitrogen functional groups attached to an aromatic ring is 1. The lowest BCUT2D eigenvalue weighted by atomic mass is 10.1. The summed E-state index contributed by atoms with van der Waals surface area (Å²) in [6, 6.07) is 0.207. The van der Waals surface area contributed by atoms with Gasteiger partial charge in [0.1, 0.15) is 10.6 Å². The van der Waals surface area contributed by atoms with Gasteiger partial charge in [0.05, 0.1) is 12.1 Å². The van der Waals surface area contributed by atoms with Crippen LogP contribution < -0.4 is 16.4 Å². The number of amides is 1. The summed E-state index contributed by atoms with van der Waals surface area (Å²) in [5.41, 5.74) is 6.12. The summed E-state index contributed by atoms with van der Waals surface area (Å²) < 4.78 is 9.47. The summed E-state index contributed by atoms with van der Waals surface area (Å²) in [4.78, 5) is 11.7. The molecule has 1 saturated heterocycles. The Kier molecular flexibility index (Phi) is 3.49. The highest BCUT2D eigenvalue weighted by molar-refractivity contribution is 7.11. The van der Waals surface area contributed by atoms with Gasteiger partial charge < -0.3 is 21.1 Å². The van der Waals surface area contributed by atoms with Crippen LogP contribution in [0.15, 0.2) is 0 Å². The molecule has 1 aliphatic heterocycles. The molecule has 2 heterocycles. The monoisotopic (exact) mass is 256 g/mol. The lowest BCUT2D eigenvalue weighted by Crippen LogP contribution is -2.28. The Balaban J connectivity index is 2.18. The van der Waals surface area contributed by atoms with E-state index in [1.807, 2.05) is 6.92 Å². The van der Waals surface area contributed by atoms with Crippen LogP contribution in [-0.4, -0.2) is 36.1 Å². The van der Waals surface area contributed by atoms with Crippen LogP contribution in [0.1, 0.15) is 23.7 Å². The predicted molar refractivity (Wildman–Crippen MR) is 67.4 cm³/mol. The van der Waals surface area contributed by atoms with Crippen LogP contribution in [0.3, 0.4) is 0 Å². The van der Waals surface area contributed by atoms with E-state index in [0.29, 0.717) is 10.6 Å². The Morgan fingerprint density at radius 3 is 3.00 bits per heavy atom. The molecule has 1 fully saturated rings. The quantitative estimate of drug-likeness (QED) is 0.740. The van der Waals surface area contributed by atoms with Crippen LogP contribution in [0.4, 0.5) is 10.8 Å². The molecule has 0 aromatic carbocycles. The van der Waals surface area contributed by atoms with Crippen molar-refractivity contribution in [1.82, 2.24) is 9.69 Å². The van der Waals surface area contributed by atoms with Crippen molar-refractivity contribution in [2.75, 3.05) is 24.7 Å². The number of nitrogens with zero attached hydrogens (tertiary/aromatic N) is 1. The predicted octanol–water partition coefficient (Wildman–Crippen LogP) is 0.674. The number of hydrogen-bond acceptors (Lipinski definition) is 6. The van der Waals surface area contributed by atoms with Crippen LogP contribution in [0, 0.1) is 0 Å². The first kappa shape index (κ1) is 12.1. The van der Waals surface area contributed by atoms with Gasteiger partial charge in [-0.2, -0.15) is 4.37 Å². The summed E-state index contributed by atoms with van der Waals surface area (Å²) in [6.45, 7) is 2.75. The fourth-order valence-electron chi connectivity index (χ4n) is 1.84. The van der Waals surface area contributed by atoms with Gasteiger partial charge in [0, 0.05) is 13.7 Å². The number of rotatable bonds is 3. The van der Waals surface area contributed by atoms with Crippen molar-refractivity contribution < 1.29 is 9.53 Å². The van der Waals surface area contributed by atoms with Crippen LogP contribution >= 0.6 is 11.5 Å². The molecule has 1 aromatic rings. The number of hydrogen-bond donors (Lipinski definition) is 3. The molecule has 0 aliphatic carbocycles. The standard InChI is InChI=1S/C10H16N4O2S/c1-5-6(3-4-16-5)13-10-7(9(15)12-2)8(11)14-17-10/h5-6,13H,3-4H2,1-2H3,(H2,11,14)(H,12,15). The molecule has 2 atom stereocenters. The minimum Gasteiger partial charge on any atom is -0.382 e. The van der Waals surface area contributed by atoms with Crippen LogP contribution in [-0.2, 0) is 4.74 Å². The largest absolute Gasteiger partial charge is 0.382 e. The second-order valence-electron chi connectivity index (χ2n) is 3.97. The van der Waals surface area contributed by atoms with Crippen molar-refractivity contribution in [3.63, 3.8) is 0 Å². The molecule has 0 saturated carbocycles. The average molecular weight is 256 g/mol. The van der Waals surface area contributed by atoms with Gasteiger partial charge in [-0.3, -0.25) is 4.79 Å². The molecule has 1 aromatic heterocycles. The fourth-order valence-corrected chi connectivity index (χ4v) is 2.61. The average Bonchev–Trinajstić information content (AvgIpc) is 2.86. The molecule has 6 nitrogen and oxygen atoms in total. The third-order valence-electron chi connectivity index (χ3n) is 2.87. The summed E-state index contributed by atoms with van der Waals surface area (Å²) in [5, 5.41) is 6.56. The second kappa shape index (κ2) is 4.89. The van der Waals surface area contributed by atoms with Crippen LogP contribution in [0.2, 0.25) is 0 Å². The fraction of sp³-hybridized carbons (Fsp3) is 0.600. The van der Waals surface area contributed by atoms with E-state index in [9.17, 15) is 4.79 Å².